The number of carbonyl (C=O) groups excluding carboxylic acids is 1. The highest BCUT2D eigenvalue weighted by atomic mass is 16.5. The summed E-state index contributed by atoms with van der Waals surface area (Å²) in [5.74, 6) is 0.852. The molecule has 0 N–H and O–H groups in total. The van der Waals surface area contributed by atoms with Gasteiger partial charge in [-0.2, -0.15) is 0 Å². The first-order chi connectivity index (χ1) is 10.7. The highest BCUT2D eigenvalue weighted by Crippen LogP contribution is 2.12. The molecule has 0 fully saturated rings. The summed E-state index contributed by atoms with van der Waals surface area (Å²) in [5, 5.41) is 0. The number of hydrogen-bond donors (Lipinski definition) is 0. The summed E-state index contributed by atoms with van der Waals surface area (Å²) in [6.07, 6.45) is 16.9. The van der Waals surface area contributed by atoms with Gasteiger partial charge in [0.2, 0.25) is 0 Å². The van der Waals surface area contributed by atoms with Crippen LogP contribution in [-0.4, -0.2) is 12.6 Å². The fourth-order valence-corrected chi connectivity index (χ4v) is 2.67. The van der Waals surface area contributed by atoms with Gasteiger partial charge in [-0.1, -0.05) is 91.4 Å². The molecule has 0 aromatic heterocycles. The van der Waals surface area contributed by atoms with Crippen molar-refractivity contribution in [1.82, 2.24) is 0 Å². The molecule has 0 spiro atoms. The Morgan fingerprint density at radius 2 is 1.32 bits per heavy atom. The Labute approximate surface area is 139 Å². The van der Waals surface area contributed by atoms with Crippen molar-refractivity contribution in [3.05, 3.63) is 0 Å². The average molecular weight is 313 g/mol. The van der Waals surface area contributed by atoms with Crippen LogP contribution in [0.1, 0.15) is 111 Å². The fourth-order valence-electron chi connectivity index (χ4n) is 2.67. The molecule has 2 nitrogen and oxygen atoms in total. The molecule has 2 heteroatoms. The summed E-state index contributed by atoms with van der Waals surface area (Å²) in [6, 6.07) is 0. The predicted octanol–water partition coefficient (Wildman–Crippen LogP) is 6.67. The van der Waals surface area contributed by atoms with E-state index in [2.05, 4.69) is 20.8 Å². The first-order valence-corrected chi connectivity index (χ1v) is 9.82. The van der Waals surface area contributed by atoms with Crippen LogP contribution in [0, 0.1) is 5.92 Å². The van der Waals surface area contributed by atoms with Crippen LogP contribution in [0.15, 0.2) is 0 Å². The molecule has 132 valence electrons. The van der Waals surface area contributed by atoms with Crippen molar-refractivity contribution in [2.75, 3.05) is 6.61 Å². The predicted molar refractivity (Wildman–Crippen MR) is 96.1 cm³/mol. The van der Waals surface area contributed by atoms with Gasteiger partial charge < -0.3 is 4.74 Å². The molecule has 0 atom stereocenters. The summed E-state index contributed by atoms with van der Waals surface area (Å²) in [6.45, 7) is 7.43. The lowest BCUT2D eigenvalue weighted by atomic mass is 10.0. The Balaban J connectivity index is 3.15. The van der Waals surface area contributed by atoms with E-state index in [0.29, 0.717) is 13.0 Å². The summed E-state index contributed by atoms with van der Waals surface area (Å²) in [5.41, 5.74) is 0. The zero-order chi connectivity index (χ0) is 16.5. The maximum Gasteiger partial charge on any atom is 0.305 e. The van der Waals surface area contributed by atoms with Crippen LogP contribution in [0.4, 0.5) is 0 Å². The van der Waals surface area contributed by atoms with Gasteiger partial charge in [-0.25, -0.2) is 0 Å². The van der Waals surface area contributed by atoms with Gasteiger partial charge in [0, 0.05) is 6.42 Å². The molecule has 0 bridgehead atoms. The molecule has 0 saturated carbocycles. The molecule has 0 aromatic carbocycles. The SMILES string of the molecule is CCCCCCCOC(=O)CCCCCCCCCC(C)C. The van der Waals surface area contributed by atoms with E-state index in [1.165, 1.54) is 70.6 Å². The average Bonchev–Trinajstić information content (AvgIpc) is 2.48. The van der Waals surface area contributed by atoms with Crippen molar-refractivity contribution in [2.24, 2.45) is 5.92 Å². The van der Waals surface area contributed by atoms with Gasteiger partial charge in [0.1, 0.15) is 0 Å². The van der Waals surface area contributed by atoms with Gasteiger partial charge in [-0.3, -0.25) is 4.79 Å². The molecule has 0 aliphatic heterocycles. The largest absolute Gasteiger partial charge is 0.466 e. The highest BCUT2D eigenvalue weighted by Gasteiger charge is 2.02. The summed E-state index contributed by atoms with van der Waals surface area (Å²) in [4.78, 5) is 11.5. The summed E-state index contributed by atoms with van der Waals surface area (Å²) >= 11 is 0. The maximum absolute atomic E-state index is 11.5. The first-order valence-electron chi connectivity index (χ1n) is 9.82. The maximum atomic E-state index is 11.5. The Kier molecular flexibility index (Phi) is 16.4. The van der Waals surface area contributed by atoms with Crippen molar-refractivity contribution in [1.29, 1.82) is 0 Å². The molecule has 0 aliphatic rings. The minimum atomic E-state index is 0.00687. The molecular formula is C20H40O2. The van der Waals surface area contributed by atoms with Crippen LogP contribution in [-0.2, 0) is 9.53 Å². The van der Waals surface area contributed by atoms with E-state index in [0.717, 1.165) is 18.8 Å². The second kappa shape index (κ2) is 16.8. The van der Waals surface area contributed by atoms with Gasteiger partial charge in [-0.05, 0) is 18.8 Å². The molecular weight excluding hydrogens is 272 g/mol. The molecule has 0 amide bonds. The van der Waals surface area contributed by atoms with Crippen LogP contribution in [0.5, 0.6) is 0 Å². The van der Waals surface area contributed by atoms with E-state index >= 15 is 0 Å². The number of ether oxygens (including phenoxy) is 1. The second-order valence-electron chi connectivity index (χ2n) is 7.04. The van der Waals surface area contributed by atoms with Crippen LogP contribution in [0.3, 0.4) is 0 Å². The fraction of sp³-hybridized carbons (Fsp3) is 0.950. The zero-order valence-corrected chi connectivity index (χ0v) is 15.5. The van der Waals surface area contributed by atoms with E-state index in [-0.39, 0.29) is 5.97 Å². The number of unbranched alkanes of at least 4 members (excludes halogenated alkanes) is 10. The van der Waals surface area contributed by atoms with E-state index in [1.807, 2.05) is 0 Å². The summed E-state index contributed by atoms with van der Waals surface area (Å²) in [7, 11) is 0. The monoisotopic (exact) mass is 312 g/mol. The van der Waals surface area contributed by atoms with E-state index in [9.17, 15) is 4.79 Å². The minimum Gasteiger partial charge on any atom is -0.466 e. The van der Waals surface area contributed by atoms with Crippen LogP contribution < -0.4 is 0 Å². The van der Waals surface area contributed by atoms with Gasteiger partial charge in [0.25, 0.3) is 0 Å². The standard InChI is InChI=1S/C20H40O2/c1-4-5-6-12-15-18-22-20(21)17-14-11-9-7-8-10-13-16-19(2)3/h19H,4-18H2,1-3H3. The lowest BCUT2D eigenvalue weighted by Crippen LogP contribution is -2.05. The number of carbonyl (C=O) groups is 1. The van der Waals surface area contributed by atoms with Crippen molar-refractivity contribution in [3.63, 3.8) is 0 Å². The lowest BCUT2D eigenvalue weighted by molar-refractivity contribution is -0.143. The smallest absolute Gasteiger partial charge is 0.305 e. The third-order valence-corrected chi connectivity index (χ3v) is 4.17. The van der Waals surface area contributed by atoms with Crippen molar-refractivity contribution >= 4 is 5.97 Å². The molecule has 0 aromatic rings. The van der Waals surface area contributed by atoms with Gasteiger partial charge in [0.05, 0.1) is 6.61 Å². The molecule has 22 heavy (non-hydrogen) atoms. The van der Waals surface area contributed by atoms with Gasteiger partial charge in [-0.15, -0.1) is 0 Å². The number of rotatable bonds is 16. The van der Waals surface area contributed by atoms with E-state index in [1.54, 1.807) is 0 Å². The molecule has 0 saturated heterocycles. The van der Waals surface area contributed by atoms with Crippen LogP contribution in [0.25, 0.3) is 0 Å². The minimum absolute atomic E-state index is 0.00687. The topological polar surface area (TPSA) is 26.3 Å². The van der Waals surface area contributed by atoms with Crippen molar-refractivity contribution in [2.45, 2.75) is 111 Å². The quantitative estimate of drug-likeness (QED) is 0.235. The highest BCUT2D eigenvalue weighted by molar-refractivity contribution is 5.69. The third kappa shape index (κ3) is 17.5. The first kappa shape index (κ1) is 21.5. The van der Waals surface area contributed by atoms with Crippen molar-refractivity contribution in [3.8, 4) is 0 Å². The lowest BCUT2D eigenvalue weighted by Gasteiger charge is -2.05. The molecule has 0 rings (SSSR count). The molecule has 0 unspecified atom stereocenters. The van der Waals surface area contributed by atoms with Crippen LogP contribution in [0.2, 0.25) is 0 Å². The molecule has 0 aliphatic carbocycles. The van der Waals surface area contributed by atoms with Crippen LogP contribution >= 0.6 is 0 Å². The Bertz CT molecular complexity index is 236. The Morgan fingerprint density at radius 3 is 1.95 bits per heavy atom. The molecule has 0 radical (unpaired) electrons. The normalized spacial score (nSPS) is 11.1. The van der Waals surface area contributed by atoms with Gasteiger partial charge >= 0.3 is 5.97 Å². The Morgan fingerprint density at radius 1 is 0.773 bits per heavy atom. The van der Waals surface area contributed by atoms with E-state index in [4.69, 9.17) is 4.74 Å². The zero-order valence-electron chi connectivity index (χ0n) is 15.5. The van der Waals surface area contributed by atoms with Gasteiger partial charge in [0.15, 0.2) is 0 Å². The summed E-state index contributed by atoms with van der Waals surface area (Å²) < 4.78 is 5.27. The number of esters is 1. The number of hydrogen-bond acceptors (Lipinski definition) is 2. The molecule has 0 heterocycles. The van der Waals surface area contributed by atoms with E-state index < -0.39 is 0 Å². The Hall–Kier alpha value is -0.530. The van der Waals surface area contributed by atoms with Crippen molar-refractivity contribution < 1.29 is 9.53 Å². The third-order valence-electron chi connectivity index (χ3n) is 4.17. The second-order valence-corrected chi connectivity index (χ2v) is 7.04.